The van der Waals surface area contributed by atoms with Crippen LogP contribution in [0, 0.1) is 0 Å². The van der Waals surface area contributed by atoms with Gasteiger partial charge in [-0.3, -0.25) is 4.79 Å². The van der Waals surface area contributed by atoms with E-state index in [1.54, 1.807) is 0 Å². The van der Waals surface area contributed by atoms with Crippen LogP contribution in [0.25, 0.3) is 0 Å². The third-order valence-electron chi connectivity index (χ3n) is 2.37. The smallest absolute Gasteiger partial charge is 0.137 e. The van der Waals surface area contributed by atoms with Crippen molar-refractivity contribution in [2.24, 2.45) is 5.73 Å². The lowest BCUT2D eigenvalue weighted by Crippen LogP contribution is -2.49. The Morgan fingerprint density at radius 1 is 1.17 bits per heavy atom. The molecule has 1 aromatic rings. The van der Waals surface area contributed by atoms with Crippen LogP contribution in [0.1, 0.15) is 18.4 Å². The Hall–Kier alpha value is -1.15. The quantitative estimate of drug-likeness (QED) is 0.672. The molecule has 2 heteroatoms. The van der Waals surface area contributed by atoms with Crippen LogP contribution in [0.3, 0.4) is 0 Å². The van der Waals surface area contributed by atoms with Gasteiger partial charge in [-0.2, -0.15) is 0 Å². The van der Waals surface area contributed by atoms with Gasteiger partial charge in [-0.1, -0.05) is 30.3 Å². The lowest BCUT2D eigenvalue weighted by atomic mass is 9.72. The summed E-state index contributed by atoms with van der Waals surface area (Å²) in [7, 11) is 0. The Labute approximate surface area is 71.4 Å². The van der Waals surface area contributed by atoms with Crippen molar-refractivity contribution in [2.45, 2.75) is 18.4 Å². The van der Waals surface area contributed by atoms with E-state index in [-0.39, 0.29) is 11.3 Å². The van der Waals surface area contributed by atoms with Crippen molar-refractivity contribution in [1.82, 2.24) is 0 Å². The van der Waals surface area contributed by atoms with E-state index >= 15 is 0 Å². The molecule has 0 bridgehead atoms. The fourth-order valence-electron chi connectivity index (χ4n) is 1.63. The molecule has 1 saturated carbocycles. The van der Waals surface area contributed by atoms with Gasteiger partial charge in [-0.25, -0.2) is 0 Å². The summed E-state index contributed by atoms with van der Waals surface area (Å²) in [6.07, 6.45) is 0.994. The van der Waals surface area contributed by atoms with E-state index in [2.05, 4.69) is 0 Å². The van der Waals surface area contributed by atoms with E-state index in [1.807, 2.05) is 30.3 Å². The normalized spacial score (nSPS) is 20.2. The van der Waals surface area contributed by atoms with Crippen LogP contribution < -0.4 is 5.73 Å². The molecule has 1 aliphatic carbocycles. The maximum absolute atomic E-state index is 10.8. The molecule has 0 unspecified atom stereocenters. The van der Waals surface area contributed by atoms with Crippen LogP contribution in [0.4, 0.5) is 0 Å². The molecule has 0 saturated heterocycles. The molecule has 0 heterocycles. The zero-order valence-corrected chi connectivity index (χ0v) is 6.79. The van der Waals surface area contributed by atoms with Gasteiger partial charge in [0, 0.05) is 12.8 Å². The first-order valence-electron chi connectivity index (χ1n) is 4.07. The van der Waals surface area contributed by atoms with Crippen molar-refractivity contribution < 1.29 is 4.79 Å². The standard InChI is InChI=1S/C10H11NO/c11-10(6-9(12)7-10)8-4-2-1-3-5-8/h1-5H,6-7,11H2. The van der Waals surface area contributed by atoms with E-state index in [0.29, 0.717) is 12.8 Å². The Balaban J connectivity index is 2.27. The molecule has 1 fully saturated rings. The van der Waals surface area contributed by atoms with E-state index in [1.165, 1.54) is 0 Å². The van der Waals surface area contributed by atoms with Gasteiger partial charge in [-0.05, 0) is 5.56 Å². The Morgan fingerprint density at radius 2 is 1.75 bits per heavy atom. The predicted octanol–water partition coefficient (Wildman–Crippen LogP) is 1.20. The highest BCUT2D eigenvalue weighted by molar-refractivity contribution is 5.88. The minimum Gasteiger partial charge on any atom is -0.321 e. The maximum Gasteiger partial charge on any atom is 0.137 e. The van der Waals surface area contributed by atoms with Crippen molar-refractivity contribution in [2.75, 3.05) is 0 Å². The number of hydrogen-bond acceptors (Lipinski definition) is 2. The fraction of sp³-hybridized carbons (Fsp3) is 0.300. The van der Waals surface area contributed by atoms with Gasteiger partial charge in [-0.15, -0.1) is 0 Å². The number of carbonyl (C=O) groups is 1. The second kappa shape index (κ2) is 2.42. The SMILES string of the molecule is NC1(c2ccccc2)CC(=O)C1. The number of benzene rings is 1. The van der Waals surface area contributed by atoms with Crippen LogP contribution in [-0.2, 0) is 10.3 Å². The van der Waals surface area contributed by atoms with Gasteiger partial charge in [0.25, 0.3) is 0 Å². The van der Waals surface area contributed by atoms with Gasteiger partial charge in [0.1, 0.15) is 5.78 Å². The van der Waals surface area contributed by atoms with Gasteiger partial charge in [0.05, 0.1) is 5.54 Å². The summed E-state index contributed by atoms with van der Waals surface area (Å²) < 4.78 is 0. The van der Waals surface area contributed by atoms with Crippen LogP contribution in [-0.4, -0.2) is 5.78 Å². The molecule has 0 aliphatic heterocycles. The minimum absolute atomic E-state index is 0.265. The number of hydrogen-bond donors (Lipinski definition) is 1. The predicted molar refractivity (Wildman–Crippen MR) is 46.5 cm³/mol. The molecule has 2 N–H and O–H groups in total. The highest BCUT2D eigenvalue weighted by atomic mass is 16.1. The first-order chi connectivity index (χ1) is 5.71. The van der Waals surface area contributed by atoms with E-state index in [4.69, 9.17) is 5.73 Å². The number of rotatable bonds is 1. The van der Waals surface area contributed by atoms with Crippen molar-refractivity contribution in [3.8, 4) is 0 Å². The average Bonchev–Trinajstić information content (AvgIpc) is 2.04. The monoisotopic (exact) mass is 161 g/mol. The average molecular weight is 161 g/mol. The van der Waals surface area contributed by atoms with Crippen LogP contribution in [0.15, 0.2) is 30.3 Å². The summed E-state index contributed by atoms with van der Waals surface area (Å²) in [5.41, 5.74) is 6.70. The van der Waals surface area contributed by atoms with Gasteiger partial charge >= 0.3 is 0 Å². The van der Waals surface area contributed by atoms with Crippen molar-refractivity contribution >= 4 is 5.78 Å². The number of carbonyl (C=O) groups excluding carboxylic acids is 1. The zero-order chi connectivity index (χ0) is 8.60. The molecule has 1 aromatic carbocycles. The number of Topliss-reactive ketones (excluding diaryl/α,β-unsaturated/α-hetero) is 1. The van der Waals surface area contributed by atoms with Crippen molar-refractivity contribution in [3.63, 3.8) is 0 Å². The third-order valence-corrected chi connectivity index (χ3v) is 2.37. The molecule has 1 aliphatic rings. The second-order valence-electron chi connectivity index (χ2n) is 3.41. The topological polar surface area (TPSA) is 43.1 Å². The summed E-state index contributed by atoms with van der Waals surface area (Å²) in [4.78, 5) is 10.8. The Morgan fingerprint density at radius 3 is 2.25 bits per heavy atom. The highest BCUT2D eigenvalue weighted by Crippen LogP contribution is 2.35. The molecular weight excluding hydrogens is 150 g/mol. The van der Waals surface area contributed by atoms with E-state index < -0.39 is 0 Å². The van der Waals surface area contributed by atoms with Crippen LogP contribution in [0.2, 0.25) is 0 Å². The molecule has 0 atom stereocenters. The molecule has 0 spiro atoms. The minimum atomic E-state index is -0.363. The zero-order valence-electron chi connectivity index (χ0n) is 6.79. The lowest BCUT2D eigenvalue weighted by Gasteiger charge is -2.36. The maximum atomic E-state index is 10.8. The summed E-state index contributed by atoms with van der Waals surface area (Å²) >= 11 is 0. The summed E-state index contributed by atoms with van der Waals surface area (Å²) in [6.45, 7) is 0. The molecule has 2 nitrogen and oxygen atoms in total. The molecule has 2 rings (SSSR count). The van der Waals surface area contributed by atoms with Crippen LogP contribution >= 0.6 is 0 Å². The molecule has 62 valence electrons. The van der Waals surface area contributed by atoms with Crippen LogP contribution in [0.5, 0.6) is 0 Å². The summed E-state index contributed by atoms with van der Waals surface area (Å²) in [5, 5.41) is 0. The summed E-state index contributed by atoms with van der Waals surface area (Å²) in [5.74, 6) is 0.265. The molecule has 12 heavy (non-hydrogen) atoms. The number of ketones is 1. The van der Waals surface area contributed by atoms with E-state index in [0.717, 1.165) is 5.56 Å². The highest BCUT2D eigenvalue weighted by Gasteiger charge is 2.40. The van der Waals surface area contributed by atoms with E-state index in [9.17, 15) is 4.79 Å². The fourth-order valence-corrected chi connectivity index (χ4v) is 1.63. The third kappa shape index (κ3) is 1.04. The lowest BCUT2D eigenvalue weighted by molar-refractivity contribution is -0.128. The largest absolute Gasteiger partial charge is 0.321 e. The molecule has 0 amide bonds. The van der Waals surface area contributed by atoms with Gasteiger partial charge < -0.3 is 5.73 Å². The second-order valence-corrected chi connectivity index (χ2v) is 3.41. The molecular formula is C10H11NO. The first kappa shape index (κ1) is 7.50. The molecule has 0 radical (unpaired) electrons. The van der Waals surface area contributed by atoms with Crippen molar-refractivity contribution in [1.29, 1.82) is 0 Å². The first-order valence-corrected chi connectivity index (χ1v) is 4.07. The van der Waals surface area contributed by atoms with Gasteiger partial charge in [0.15, 0.2) is 0 Å². The van der Waals surface area contributed by atoms with Gasteiger partial charge in [0.2, 0.25) is 0 Å². The Bertz CT molecular complexity index is 297. The summed E-state index contributed by atoms with van der Waals surface area (Å²) in [6, 6.07) is 9.81. The number of nitrogens with two attached hydrogens (primary N) is 1. The van der Waals surface area contributed by atoms with Crippen molar-refractivity contribution in [3.05, 3.63) is 35.9 Å². The molecule has 0 aromatic heterocycles. The Kier molecular flexibility index (Phi) is 1.51.